The van der Waals surface area contributed by atoms with Crippen molar-refractivity contribution in [1.82, 2.24) is 0 Å². The average Bonchev–Trinajstić information content (AvgIpc) is 2.36. The first-order chi connectivity index (χ1) is 10.1. The Kier molecular flexibility index (Phi) is 15.3. The maximum absolute atomic E-state index is 9.43. The van der Waals surface area contributed by atoms with Gasteiger partial charge in [0.25, 0.3) is 0 Å². The van der Waals surface area contributed by atoms with Crippen molar-refractivity contribution in [1.29, 1.82) is 0 Å². The van der Waals surface area contributed by atoms with Gasteiger partial charge in [0, 0.05) is 0 Å². The zero-order chi connectivity index (χ0) is 17.6. The molecule has 0 radical (unpaired) electrons. The number of unbranched alkanes of at least 4 members (excludes halogenated alkanes) is 6. The van der Waals surface area contributed by atoms with E-state index in [2.05, 4.69) is 45.4 Å². The fraction of sp³-hybridized carbons (Fsp3) is 0.882. The molecule has 0 fully saturated rings. The van der Waals surface area contributed by atoms with Gasteiger partial charge in [0.05, 0.1) is 0 Å². The standard InChI is InChI=1S/C14H29.C3H4O4.Li/c1-5-6-7-8-9-10-11-12-14(4)13(2)3;4-2(5)1-3(6)7;/h13H,5-12H2,1-4H3;1H2,(H,4,5)(H,6,7);. The van der Waals surface area contributed by atoms with Gasteiger partial charge in [0.2, 0.25) is 0 Å². The maximum atomic E-state index is 9.43. The molecule has 0 rings (SSSR count). The van der Waals surface area contributed by atoms with Gasteiger partial charge in [0.1, 0.15) is 6.42 Å². The topological polar surface area (TPSA) is 74.6 Å². The van der Waals surface area contributed by atoms with Crippen LogP contribution in [0.5, 0.6) is 0 Å². The molecule has 1 unspecified atom stereocenters. The van der Waals surface area contributed by atoms with E-state index in [-0.39, 0.29) is 0 Å². The summed E-state index contributed by atoms with van der Waals surface area (Å²) in [4.78, 5) is 18.9. The Balaban J connectivity index is 0. The number of carboxylic acids is 2. The van der Waals surface area contributed by atoms with Gasteiger partial charge < -0.3 is 10.2 Å². The molecule has 0 saturated carbocycles. The zero-order valence-electron chi connectivity index (χ0n) is 15.2. The van der Waals surface area contributed by atoms with Gasteiger partial charge in [-0.15, -0.1) is 0 Å². The number of aliphatic carboxylic acids is 2. The summed E-state index contributed by atoms with van der Waals surface area (Å²) in [5.41, 5.74) is 0. The molecule has 0 heterocycles. The second-order valence-corrected chi connectivity index (χ2v) is 6.98. The minimum atomic E-state index is -1.31. The van der Waals surface area contributed by atoms with E-state index < -0.39 is 18.4 Å². The van der Waals surface area contributed by atoms with Crippen molar-refractivity contribution < 1.29 is 19.8 Å². The summed E-state index contributed by atoms with van der Waals surface area (Å²) in [7, 11) is 0. The third-order valence-corrected chi connectivity index (χ3v) is 4.29. The number of carbonyl (C=O) groups is 2. The van der Waals surface area contributed by atoms with E-state index in [0.29, 0.717) is 4.09 Å². The summed E-state index contributed by atoms with van der Waals surface area (Å²) in [5, 5.41) is 15.4. The van der Waals surface area contributed by atoms with Crippen LogP contribution in [0, 0.1) is 5.92 Å². The van der Waals surface area contributed by atoms with Gasteiger partial charge in [-0.2, -0.15) is 0 Å². The Hall–Kier alpha value is -0.463. The van der Waals surface area contributed by atoms with Gasteiger partial charge in [-0.05, 0) is 0 Å². The second-order valence-electron chi connectivity index (χ2n) is 6.98. The predicted molar refractivity (Wildman–Crippen MR) is 91.5 cm³/mol. The molecule has 0 aliphatic carbocycles. The molecule has 0 aliphatic rings. The molecule has 0 aromatic carbocycles. The zero-order valence-corrected chi connectivity index (χ0v) is 15.2. The van der Waals surface area contributed by atoms with Crippen LogP contribution in [0.3, 0.4) is 0 Å². The molecule has 0 aromatic heterocycles. The Labute approximate surface area is 145 Å². The summed E-state index contributed by atoms with van der Waals surface area (Å²) < 4.78 is 0.545. The van der Waals surface area contributed by atoms with Crippen LogP contribution in [0.25, 0.3) is 0 Å². The number of carboxylic acid groups (broad SMARTS) is 2. The minimum absolute atomic E-state index is 0.545. The molecule has 5 heteroatoms. The molecule has 0 aromatic rings. The van der Waals surface area contributed by atoms with Crippen molar-refractivity contribution >= 4 is 29.7 Å². The van der Waals surface area contributed by atoms with E-state index in [4.69, 9.17) is 10.2 Å². The van der Waals surface area contributed by atoms with Gasteiger partial charge in [0.15, 0.2) is 0 Å². The van der Waals surface area contributed by atoms with Crippen LogP contribution in [-0.4, -0.2) is 39.9 Å². The van der Waals surface area contributed by atoms with Crippen LogP contribution in [0.15, 0.2) is 0 Å². The third kappa shape index (κ3) is 17.6. The van der Waals surface area contributed by atoms with E-state index in [1.807, 2.05) is 0 Å². The summed E-state index contributed by atoms with van der Waals surface area (Å²) in [5.74, 6) is -1.81. The van der Waals surface area contributed by atoms with Crippen LogP contribution in [0.1, 0.15) is 85.5 Å². The van der Waals surface area contributed by atoms with Crippen LogP contribution >= 0.6 is 0 Å². The van der Waals surface area contributed by atoms with E-state index >= 15 is 0 Å². The van der Waals surface area contributed by atoms with Crippen molar-refractivity contribution in [2.45, 2.75) is 89.6 Å². The van der Waals surface area contributed by atoms with Gasteiger partial charge in [-0.1, -0.05) is 0 Å². The van der Waals surface area contributed by atoms with E-state index in [9.17, 15) is 9.59 Å². The van der Waals surface area contributed by atoms with Crippen molar-refractivity contribution in [3.8, 4) is 0 Å². The first-order valence-corrected chi connectivity index (χ1v) is 8.57. The van der Waals surface area contributed by atoms with E-state index in [1.165, 1.54) is 51.4 Å². The fourth-order valence-corrected chi connectivity index (χ4v) is 1.96. The van der Waals surface area contributed by atoms with Crippen LogP contribution in [0.2, 0.25) is 4.09 Å². The van der Waals surface area contributed by atoms with Crippen LogP contribution in [-0.2, 0) is 9.59 Å². The van der Waals surface area contributed by atoms with Crippen molar-refractivity contribution in [2.75, 3.05) is 0 Å². The first kappa shape index (κ1) is 23.8. The predicted octanol–water partition coefficient (Wildman–Crippen LogP) is 4.68. The summed E-state index contributed by atoms with van der Waals surface area (Å²) in [6, 6.07) is 0. The molecule has 0 amide bonds. The van der Waals surface area contributed by atoms with Crippen molar-refractivity contribution in [3.05, 3.63) is 0 Å². The van der Waals surface area contributed by atoms with Crippen LogP contribution < -0.4 is 0 Å². The van der Waals surface area contributed by atoms with Gasteiger partial charge >= 0.3 is 119 Å². The molecular weight excluding hydrogens is 275 g/mol. The SMILES string of the molecule is O=C(O)CC(=O)O.[Li][C](C)(CCCCCCCCC)C(C)C. The fourth-order valence-electron chi connectivity index (χ4n) is 1.96. The summed E-state index contributed by atoms with van der Waals surface area (Å²) >= 11 is 2.41. The summed E-state index contributed by atoms with van der Waals surface area (Å²) in [6.45, 7) is 9.39. The molecule has 2 N–H and O–H groups in total. The molecular formula is C17H33LiO4. The third-order valence-electron chi connectivity index (χ3n) is 4.29. The first-order valence-electron chi connectivity index (χ1n) is 8.57. The molecule has 4 nitrogen and oxygen atoms in total. The normalized spacial score (nSPS) is 13.2. The number of hydrogen-bond donors (Lipinski definition) is 2. The molecule has 0 bridgehead atoms. The van der Waals surface area contributed by atoms with Crippen LogP contribution in [0.4, 0.5) is 0 Å². The average molecular weight is 308 g/mol. The molecule has 0 saturated heterocycles. The van der Waals surface area contributed by atoms with E-state index in [0.717, 1.165) is 5.92 Å². The van der Waals surface area contributed by atoms with Crippen molar-refractivity contribution in [3.63, 3.8) is 0 Å². The summed E-state index contributed by atoms with van der Waals surface area (Å²) in [6.07, 6.45) is 10.6. The Morgan fingerprint density at radius 2 is 1.36 bits per heavy atom. The molecule has 0 aliphatic heterocycles. The molecule has 22 heavy (non-hydrogen) atoms. The second kappa shape index (κ2) is 14.2. The Bertz CT molecular complexity index is 289. The quantitative estimate of drug-likeness (QED) is 0.330. The van der Waals surface area contributed by atoms with Gasteiger partial charge in [-0.25, -0.2) is 0 Å². The molecule has 126 valence electrons. The monoisotopic (exact) mass is 308 g/mol. The molecule has 1 atom stereocenters. The Morgan fingerprint density at radius 1 is 0.955 bits per heavy atom. The van der Waals surface area contributed by atoms with Gasteiger partial charge in [-0.3, -0.25) is 9.59 Å². The number of rotatable bonds is 11. The van der Waals surface area contributed by atoms with Crippen molar-refractivity contribution in [2.24, 2.45) is 5.92 Å². The Morgan fingerprint density at radius 3 is 1.68 bits per heavy atom. The molecule has 0 spiro atoms. The van der Waals surface area contributed by atoms with E-state index in [1.54, 1.807) is 0 Å². The number of hydrogen-bond acceptors (Lipinski definition) is 2.